The summed E-state index contributed by atoms with van der Waals surface area (Å²) in [6.45, 7) is 0.688. The number of nitrogens with two attached hydrogens (primary N) is 1. The van der Waals surface area contributed by atoms with Gasteiger partial charge in [-0.25, -0.2) is 13.1 Å². The van der Waals surface area contributed by atoms with Gasteiger partial charge in [-0.3, -0.25) is 0 Å². The van der Waals surface area contributed by atoms with Gasteiger partial charge in [0.25, 0.3) is 0 Å². The lowest BCUT2D eigenvalue weighted by molar-refractivity contribution is 0.477. The molecular weight excluding hydrogens is 292 g/mol. The zero-order valence-electron chi connectivity index (χ0n) is 11.4. The number of sulfonamides is 1. The Morgan fingerprint density at radius 2 is 2.10 bits per heavy atom. The van der Waals surface area contributed by atoms with E-state index in [2.05, 4.69) is 16.6 Å². The van der Waals surface area contributed by atoms with Gasteiger partial charge in [0.2, 0.25) is 10.0 Å². The molecule has 2 rings (SSSR count). The fourth-order valence-corrected chi connectivity index (χ4v) is 4.75. The van der Waals surface area contributed by atoms with Gasteiger partial charge in [0, 0.05) is 22.4 Å². The summed E-state index contributed by atoms with van der Waals surface area (Å²) in [5, 5.41) is 1.71. The van der Waals surface area contributed by atoms with Gasteiger partial charge in [-0.05, 0) is 18.9 Å². The van der Waals surface area contributed by atoms with E-state index in [0.29, 0.717) is 13.1 Å². The summed E-state index contributed by atoms with van der Waals surface area (Å²) in [6.07, 6.45) is 4.76. The van der Waals surface area contributed by atoms with Crippen LogP contribution in [-0.2, 0) is 16.6 Å². The molecule has 0 aromatic carbocycles. The number of rotatable bonds is 4. The lowest BCUT2D eigenvalue weighted by Gasteiger charge is -2.21. The Morgan fingerprint density at radius 1 is 1.35 bits per heavy atom. The highest BCUT2D eigenvalue weighted by molar-refractivity contribution is 7.90. The topological polar surface area (TPSA) is 72.2 Å². The smallest absolute Gasteiger partial charge is 0.214 e. The highest BCUT2D eigenvalue weighted by atomic mass is 32.2. The van der Waals surface area contributed by atoms with Gasteiger partial charge in [0.1, 0.15) is 0 Å². The Bertz CT molecular complexity index is 590. The summed E-state index contributed by atoms with van der Waals surface area (Å²) >= 11 is 1.52. The summed E-state index contributed by atoms with van der Waals surface area (Å²) in [4.78, 5) is 0.978. The molecule has 1 heterocycles. The highest BCUT2D eigenvalue weighted by Crippen LogP contribution is 2.23. The summed E-state index contributed by atoms with van der Waals surface area (Å²) in [7, 11) is -3.19. The summed E-state index contributed by atoms with van der Waals surface area (Å²) in [5.74, 6) is 5.73. The van der Waals surface area contributed by atoms with Crippen molar-refractivity contribution in [3.8, 4) is 11.8 Å². The van der Waals surface area contributed by atoms with Crippen LogP contribution in [0.15, 0.2) is 11.4 Å². The highest BCUT2D eigenvalue weighted by Gasteiger charge is 2.26. The van der Waals surface area contributed by atoms with Crippen molar-refractivity contribution in [2.24, 2.45) is 5.73 Å². The summed E-state index contributed by atoms with van der Waals surface area (Å²) < 4.78 is 27.1. The first-order chi connectivity index (χ1) is 9.62. The van der Waals surface area contributed by atoms with E-state index >= 15 is 0 Å². The molecular formula is C14H20N2O2S2. The van der Waals surface area contributed by atoms with Crippen LogP contribution in [0.1, 0.15) is 42.5 Å². The van der Waals surface area contributed by atoms with Gasteiger partial charge in [-0.2, -0.15) is 0 Å². The van der Waals surface area contributed by atoms with Crippen LogP contribution in [-0.4, -0.2) is 20.2 Å². The monoisotopic (exact) mass is 312 g/mol. The third-order valence-corrected chi connectivity index (χ3v) is 6.26. The first-order valence-corrected chi connectivity index (χ1v) is 9.29. The minimum atomic E-state index is -3.19. The van der Waals surface area contributed by atoms with Crippen molar-refractivity contribution in [1.29, 1.82) is 0 Å². The first kappa shape index (κ1) is 15.5. The minimum absolute atomic E-state index is 0.215. The van der Waals surface area contributed by atoms with E-state index in [9.17, 15) is 8.42 Å². The van der Waals surface area contributed by atoms with E-state index in [0.717, 1.165) is 42.5 Å². The van der Waals surface area contributed by atoms with E-state index in [1.54, 1.807) is 0 Å². The zero-order chi connectivity index (χ0) is 14.4. The van der Waals surface area contributed by atoms with Crippen molar-refractivity contribution in [1.82, 2.24) is 4.72 Å². The molecule has 0 aliphatic heterocycles. The van der Waals surface area contributed by atoms with Gasteiger partial charge in [-0.15, -0.1) is 11.3 Å². The molecule has 6 heteroatoms. The molecule has 0 bridgehead atoms. The van der Waals surface area contributed by atoms with Crippen molar-refractivity contribution in [3.63, 3.8) is 0 Å². The number of nitrogens with one attached hydrogen (secondary N) is 1. The Balaban J connectivity index is 1.92. The molecule has 1 aromatic rings. The van der Waals surface area contributed by atoms with E-state index in [4.69, 9.17) is 5.73 Å². The number of hydrogen-bond acceptors (Lipinski definition) is 4. The zero-order valence-corrected chi connectivity index (χ0v) is 13.0. The minimum Gasteiger partial charge on any atom is -0.320 e. The molecule has 1 aliphatic carbocycles. The molecule has 3 N–H and O–H groups in total. The number of hydrogen-bond donors (Lipinski definition) is 2. The molecule has 20 heavy (non-hydrogen) atoms. The third kappa shape index (κ3) is 4.32. The second-order valence-corrected chi connectivity index (χ2v) is 7.97. The fraction of sp³-hybridized carbons (Fsp3) is 0.571. The van der Waals surface area contributed by atoms with Crippen molar-refractivity contribution >= 4 is 21.4 Å². The average Bonchev–Trinajstić information content (AvgIpc) is 2.92. The SMILES string of the molecule is NCC#Cc1csc(CNS(=O)(=O)C2CCCCC2)c1. The van der Waals surface area contributed by atoms with E-state index in [1.807, 2.05) is 11.4 Å². The van der Waals surface area contributed by atoms with E-state index in [-0.39, 0.29) is 5.25 Å². The van der Waals surface area contributed by atoms with Crippen molar-refractivity contribution < 1.29 is 8.42 Å². The molecule has 0 radical (unpaired) electrons. The van der Waals surface area contributed by atoms with Crippen molar-refractivity contribution in [2.45, 2.75) is 43.9 Å². The van der Waals surface area contributed by atoms with Gasteiger partial charge >= 0.3 is 0 Å². The van der Waals surface area contributed by atoms with Gasteiger partial charge in [0.15, 0.2) is 0 Å². The van der Waals surface area contributed by atoms with Crippen LogP contribution in [0.3, 0.4) is 0 Å². The maximum atomic E-state index is 12.2. The van der Waals surface area contributed by atoms with Crippen LogP contribution >= 0.6 is 11.3 Å². The Morgan fingerprint density at radius 3 is 2.80 bits per heavy atom. The standard InChI is InChI=1S/C14H20N2O2S2/c15-8-4-5-12-9-13(19-11-12)10-16-20(17,18)14-6-2-1-3-7-14/h9,11,14,16H,1-3,6-8,10,15H2. The van der Waals surface area contributed by atoms with Crippen LogP contribution in [0.4, 0.5) is 0 Å². The molecule has 0 unspecified atom stereocenters. The van der Waals surface area contributed by atoms with Crippen LogP contribution in [0.5, 0.6) is 0 Å². The largest absolute Gasteiger partial charge is 0.320 e. The third-order valence-electron chi connectivity index (χ3n) is 3.43. The molecule has 1 saturated carbocycles. The van der Waals surface area contributed by atoms with Crippen LogP contribution in [0.2, 0.25) is 0 Å². The predicted molar refractivity (Wildman–Crippen MR) is 82.9 cm³/mol. The molecule has 1 fully saturated rings. The van der Waals surface area contributed by atoms with Crippen molar-refractivity contribution in [3.05, 3.63) is 21.9 Å². The van der Waals surface area contributed by atoms with E-state index in [1.165, 1.54) is 11.3 Å². The fourth-order valence-electron chi connectivity index (χ4n) is 2.36. The lowest BCUT2D eigenvalue weighted by atomic mass is 10.0. The summed E-state index contributed by atoms with van der Waals surface area (Å²) in [6, 6.07) is 1.91. The second-order valence-electron chi connectivity index (χ2n) is 4.93. The molecule has 1 aromatic heterocycles. The lowest BCUT2D eigenvalue weighted by Crippen LogP contribution is -2.35. The average molecular weight is 312 g/mol. The second kappa shape index (κ2) is 7.23. The molecule has 110 valence electrons. The molecule has 0 spiro atoms. The molecule has 4 nitrogen and oxygen atoms in total. The summed E-state index contributed by atoms with van der Waals surface area (Å²) in [5.41, 5.74) is 6.22. The van der Waals surface area contributed by atoms with Crippen LogP contribution in [0.25, 0.3) is 0 Å². The maximum absolute atomic E-state index is 12.2. The Labute approximate surface area is 124 Å². The van der Waals surface area contributed by atoms with Gasteiger partial charge < -0.3 is 5.73 Å². The maximum Gasteiger partial charge on any atom is 0.214 e. The Hall–Kier alpha value is -0.870. The normalized spacial score (nSPS) is 16.6. The number of thiophene rings is 1. The molecule has 0 amide bonds. The van der Waals surface area contributed by atoms with Crippen LogP contribution in [0, 0.1) is 11.8 Å². The first-order valence-electron chi connectivity index (χ1n) is 6.86. The van der Waals surface area contributed by atoms with Crippen LogP contribution < -0.4 is 10.5 Å². The molecule has 0 atom stereocenters. The quantitative estimate of drug-likeness (QED) is 0.833. The Kier molecular flexibility index (Phi) is 5.61. The van der Waals surface area contributed by atoms with Gasteiger partial charge in [-0.1, -0.05) is 31.1 Å². The van der Waals surface area contributed by atoms with Gasteiger partial charge in [0.05, 0.1) is 11.8 Å². The van der Waals surface area contributed by atoms with E-state index < -0.39 is 10.0 Å². The molecule has 0 saturated heterocycles. The molecule has 1 aliphatic rings. The predicted octanol–water partition coefficient (Wildman–Crippen LogP) is 1.81. The van der Waals surface area contributed by atoms with Crippen molar-refractivity contribution in [2.75, 3.05) is 6.54 Å².